The summed E-state index contributed by atoms with van der Waals surface area (Å²) in [7, 11) is 3.88. The molecule has 29 heavy (non-hydrogen) atoms. The van der Waals surface area contributed by atoms with Crippen molar-refractivity contribution in [2.45, 2.75) is 38.4 Å². The number of nitrogens with zero attached hydrogens (tertiary/aromatic N) is 4. The third-order valence-electron chi connectivity index (χ3n) is 5.96. The van der Waals surface area contributed by atoms with Crippen LogP contribution in [0.1, 0.15) is 28.1 Å². The number of carbonyl (C=O) groups excluding carboxylic acids is 1. The molecule has 2 aromatic carbocycles. The average molecular weight is 390 g/mol. The number of amides is 1. The van der Waals surface area contributed by atoms with Crippen LogP contribution in [0.5, 0.6) is 0 Å². The SMILES string of the molecule is Cc1nonc1CN(C)C(=O)C1(N(C)Cc2ccccc2)Cc2ccccc2C1. The molecule has 3 aromatic rings. The van der Waals surface area contributed by atoms with Crippen LogP contribution in [0.4, 0.5) is 0 Å². The summed E-state index contributed by atoms with van der Waals surface area (Å²) in [4.78, 5) is 17.8. The van der Waals surface area contributed by atoms with Crippen LogP contribution in [0.2, 0.25) is 0 Å². The molecule has 6 heteroatoms. The first-order valence-corrected chi connectivity index (χ1v) is 9.85. The lowest BCUT2D eigenvalue weighted by atomic mass is 9.91. The van der Waals surface area contributed by atoms with Crippen molar-refractivity contribution in [1.29, 1.82) is 0 Å². The van der Waals surface area contributed by atoms with E-state index in [1.54, 1.807) is 4.90 Å². The molecule has 0 atom stereocenters. The van der Waals surface area contributed by atoms with Gasteiger partial charge in [-0.3, -0.25) is 9.69 Å². The minimum Gasteiger partial charge on any atom is -0.338 e. The Kier molecular flexibility index (Phi) is 5.20. The number of hydrogen-bond donors (Lipinski definition) is 0. The Morgan fingerprint density at radius 1 is 0.966 bits per heavy atom. The van der Waals surface area contributed by atoms with Crippen molar-refractivity contribution >= 4 is 5.91 Å². The van der Waals surface area contributed by atoms with Crippen LogP contribution in [0, 0.1) is 6.92 Å². The van der Waals surface area contributed by atoms with E-state index in [0.717, 1.165) is 0 Å². The highest BCUT2D eigenvalue weighted by Crippen LogP contribution is 2.36. The number of benzene rings is 2. The number of fused-ring (bicyclic) bond motifs is 1. The largest absolute Gasteiger partial charge is 0.338 e. The lowest BCUT2D eigenvalue weighted by Crippen LogP contribution is -2.58. The maximum Gasteiger partial charge on any atom is 0.243 e. The van der Waals surface area contributed by atoms with Gasteiger partial charge in [-0.25, -0.2) is 4.63 Å². The minimum absolute atomic E-state index is 0.0922. The maximum absolute atomic E-state index is 13.8. The number of likely N-dealkylation sites (N-methyl/N-ethyl adjacent to an activating group) is 2. The second-order valence-electron chi connectivity index (χ2n) is 7.95. The molecule has 0 bridgehead atoms. The van der Waals surface area contributed by atoms with Gasteiger partial charge in [-0.15, -0.1) is 0 Å². The molecule has 0 unspecified atom stereocenters. The summed E-state index contributed by atoms with van der Waals surface area (Å²) < 4.78 is 4.81. The predicted molar refractivity (Wildman–Crippen MR) is 110 cm³/mol. The van der Waals surface area contributed by atoms with E-state index < -0.39 is 5.54 Å². The molecule has 0 radical (unpaired) electrons. The third-order valence-corrected chi connectivity index (χ3v) is 5.96. The molecule has 0 aliphatic heterocycles. The number of hydrogen-bond acceptors (Lipinski definition) is 5. The van der Waals surface area contributed by atoms with E-state index in [2.05, 4.69) is 39.5 Å². The molecule has 1 aliphatic rings. The Morgan fingerprint density at radius 3 is 2.17 bits per heavy atom. The molecule has 1 aromatic heterocycles. The van der Waals surface area contributed by atoms with Crippen molar-refractivity contribution in [2.75, 3.05) is 14.1 Å². The average Bonchev–Trinajstić information content (AvgIpc) is 3.32. The maximum atomic E-state index is 13.8. The predicted octanol–water partition coefficient (Wildman–Crippen LogP) is 3.01. The number of carbonyl (C=O) groups is 1. The van der Waals surface area contributed by atoms with E-state index in [4.69, 9.17) is 4.63 Å². The van der Waals surface area contributed by atoms with Gasteiger partial charge in [-0.1, -0.05) is 64.9 Å². The zero-order valence-electron chi connectivity index (χ0n) is 17.1. The van der Waals surface area contributed by atoms with Crippen LogP contribution in [0.25, 0.3) is 0 Å². The molecule has 1 aliphatic carbocycles. The summed E-state index contributed by atoms with van der Waals surface area (Å²) in [6.45, 7) is 2.93. The van der Waals surface area contributed by atoms with Crippen LogP contribution in [0.15, 0.2) is 59.2 Å². The van der Waals surface area contributed by atoms with Crippen molar-refractivity contribution in [1.82, 2.24) is 20.1 Å². The summed E-state index contributed by atoms with van der Waals surface area (Å²) in [5, 5.41) is 7.78. The smallest absolute Gasteiger partial charge is 0.243 e. The summed E-state index contributed by atoms with van der Waals surface area (Å²) in [5.74, 6) is 0.0922. The second kappa shape index (κ2) is 7.79. The standard InChI is InChI=1S/C23H26N4O2/c1-17-21(25-29-24-17)16-26(2)22(28)23(13-19-11-7-8-12-20(19)14-23)27(3)15-18-9-5-4-6-10-18/h4-12H,13-16H2,1-3H3. The van der Waals surface area contributed by atoms with Gasteiger partial charge in [0.15, 0.2) is 0 Å². The topological polar surface area (TPSA) is 62.5 Å². The molecule has 1 amide bonds. The van der Waals surface area contributed by atoms with Gasteiger partial charge in [-0.2, -0.15) is 0 Å². The van der Waals surface area contributed by atoms with Crippen LogP contribution in [-0.4, -0.2) is 45.7 Å². The molecular formula is C23H26N4O2. The first-order valence-electron chi connectivity index (χ1n) is 9.85. The Balaban J connectivity index is 1.63. The Hall–Kier alpha value is -2.99. The van der Waals surface area contributed by atoms with Crippen molar-refractivity contribution in [3.63, 3.8) is 0 Å². The molecule has 0 fully saturated rings. The summed E-state index contributed by atoms with van der Waals surface area (Å²) in [6.07, 6.45) is 1.40. The highest BCUT2D eigenvalue weighted by Gasteiger charge is 2.48. The van der Waals surface area contributed by atoms with Gasteiger partial charge in [0.1, 0.15) is 16.9 Å². The summed E-state index contributed by atoms with van der Waals surface area (Å²) >= 11 is 0. The number of rotatable bonds is 6. The zero-order valence-corrected chi connectivity index (χ0v) is 17.1. The van der Waals surface area contributed by atoms with Crippen molar-refractivity contribution in [3.8, 4) is 0 Å². The van der Waals surface area contributed by atoms with Gasteiger partial charge >= 0.3 is 0 Å². The second-order valence-corrected chi connectivity index (χ2v) is 7.95. The van der Waals surface area contributed by atoms with Gasteiger partial charge in [0.2, 0.25) is 5.91 Å². The van der Waals surface area contributed by atoms with Gasteiger partial charge in [-0.05, 0) is 30.7 Å². The van der Waals surface area contributed by atoms with Crippen LogP contribution < -0.4 is 0 Å². The van der Waals surface area contributed by atoms with E-state index in [-0.39, 0.29) is 5.91 Å². The van der Waals surface area contributed by atoms with E-state index in [0.29, 0.717) is 37.3 Å². The molecule has 0 N–H and O–H groups in total. The van der Waals surface area contributed by atoms with Crippen molar-refractivity contribution in [2.24, 2.45) is 0 Å². The highest BCUT2D eigenvalue weighted by molar-refractivity contribution is 5.88. The van der Waals surface area contributed by atoms with Crippen LogP contribution in [0.3, 0.4) is 0 Å². The van der Waals surface area contributed by atoms with Gasteiger partial charge in [0.25, 0.3) is 0 Å². The third kappa shape index (κ3) is 3.68. The lowest BCUT2D eigenvalue weighted by molar-refractivity contribution is -0.143. The number of aryl methyl sites for hydroxylation is 1. The van der Waals surface area contributed by atoms with Crippen LogP contribution >= 0.6 is 0 Å². The summed E-state index contributed by atoms with van der Waals surface area (Å²) in [6, 6.07) is 18.6. The van der Waals surface area contributed by atoms with E-state index in [9.17, 15) is 4.79 Å². The molecule has 150 valence electrons. The Morgan fingerprint density at radius 2 is 1.59 bits per heavy atom. The fraction of sp³-hybridized carbons (Fsp3) is 0.348. The highest BCUT2D eigenvalue weighted by atomic mass is 16.6. The van der Waals surface area contributed by atoms with Gasteiger partial charge < -0.3 is 4.90 Å². The summed E-state index contributed by atoms with van der Waals surface area (Å²) in [5.41, 5.74) is 4.46. The molecule has 0 saturated carbocycles. The molecule has 0 spiro atoms. The Labute approximate surface area is 171 Å². The fourth-order valence-corrected chi connectivity index (χ4v) is 4.23. The molecule has 4 rings (SSSR count). The zero-order chi connectivity index (χ0) is 20.4. The van der Waals surface area contributed by atoms with Crippen LogP contribution in [-0.2, 0) is 30.7 Å². The Bertz CT molecular complexity index is 974. The fourth-order valence-electron chi connectivity index (χ4n) is 4.23. The minimum atomic E-state index is -0.626. The molecular weight excluding hydrogens is 364 g/mol. The first kappa shape index (κ1) is 19.3. The van der Waals surface area contributed by atoms with E-state index >= 15 is 0 Å². The van der Waals surface area contributed by atoms with Gasteiger partial charge in [0, 0.05) is 26.4 Å². The monoisotopic (exact) mass is 390 g/mol. The van der Waals surface area contributed by atoms with Crippen molar-refractivity contribution < 1.29 is 9.42 Å². The molecule has 6 nitrogen and oxygen atoms in total. The first-order chi connectivity index (χ1) is 14.0. The quantitative estimate of drug-likeness (QED) is 0.647. The van der Waals surface area contributed by atoms with Gasteiger partial charge in [0.05, 0.1) is 6.54 Å². The lowest BCUT2D eigenvalue weighted by Gasteiger charge is -2.40. The van der Waals surface area contributed by atoms with E-state index in [1.807, 2.05) is 51.4 Å². The van der Waals surface area contributed by atoms with Crippen molar-refractivity contribution in [3.05, 3.63) is 82.7 Å². The normalized spacial score (nSPS) is 14.8. The van der Waals surface area contributed by atoms with E-state index in [1.165, 1.54) is 16.7 Å². The number of aromatic nitrogens is 2. The molecule has 0 saturated heterocycles. The molecule has 1 heterocycles.